The highest BCUT2D eigenvalue weighted by molar-refractivity contribution is 6.01. The number of carbonyl (C=O) groups excluding carboxylic acids is 3. The number of Topliss-reactive ketones (excluding diaryl/α,β-unsaturated/α-hetero) is 1. The van der Waals surface area contributed by atoms with E-state index in [2.05, 4.69) is 4.98 Å². The molecular weight excluding hydrogens is 346 g/mol. The molecule has 2 aromatic rings. The summed E-state index contributed by atoms with van der Waals surface area (Å²) in [4.78, 5) is 40.9. The van der Waals surface area contributed by atoms with E-state index in [9.17, 15) is 14.4 Å². The molecule has 1 amide bonds. The molecule has 0 unspecified atom stereocenters. The molecule has 1 heterocycles. The first-order valence-electron chi connectivity index (χ1n) is 8.32. The van der Waals surface area contributed by atoms with Crippen LogP contribution in [0.25, 0.3) is 0 Å². The van der Waals surface area contributed by atoms with Gasteiger partial charge < -0.3 is 14.6 Å². The molecule has 0 aliphatic rings. The number of aromatic nitrogens is 1. The molecule has 2 rings (SSSR count). The van der Waals surface area contributed by atoms with Crippen molar-refractivity contribution in [2.24, 2.45) is 0 Å². The quantitative estimate of drug-likeness (QED) is 0.624. The molecule has 140 valence electrons. The number of H-pyrrole nitrogens is 1. The van der Waals surface area contributed by atoms with Crippen LogP contribution in [-0.4, -0.2) is 41.7 Å². The topological polar surface area (TPSA) is 103 Å². The molecule has 0 saturated heterocycles. The summed E-state index contributed by atoms with van der Waals surface area (Å²) < 4.78 is 4.79. The van der Waals surface area contributed by atoms with Crippen LogP contribution in [0.5, 0.6) is 0 Å². The van der Waals surface area contributed by atoms with Crippen LogP contribution < -0.4 is 0 Å². The summed E-state index contributed by atoms with van der Waals surface area (Å²) in [6.45, 7) is 3.40. The number of hydrogen-bond donors (Lipinski definition) is 1. The highest BCUT2D eigenvalue weighted by Gasteiger charge is 2.25. The van der Waals surface area contributed by atoms with E-state index in [1.807, 2.05) is 6.07 Å². The van der Waals surface area contributed by atoms with Gasteiger partial charge in [-0.25, -0.2) is 4.79 Å². The number of benzene rings is 1. The number of aromatic amines is 1. The average molecular weight is 367 g/mol. The molecule has 1 N–H and O–H groups in total. The number of amides is 1. The molecule has 1 aromatic carbocycles. The number of nitrogens with zero attached hydrogens (tertiary/aromatic N) is 2. The second-order valence-electron chi connectivity index (χ2n) is 6.26. The SMILES string of the molecule is COC(=O)c1c(CC(=O)N(C)Cc2ccc(C#N)cc2)[nH]c(C(C)=O)c1C. The van der Waals surface area contributed by atoms with Crippen molar-refractivity contribution < 1.29 is 19.1 Å². The smallest absolute Gasteiger partial charge is 0.339 e. The molecule has 27 heavy (non-hydrogen) atoms. The van der Waals surface area contributed by atoms with Gasteiger partial charge in [-0.2, -0.15) is 5.26 Å². The minimum atomic E-state index is -0.589. The number of esters is 1. The molecule has 0 fully saturated rings. The molecule has 0 radical (unpaired) electrons. The Labute approximate surface area is 157 Å². The van der Waals surface area contributed by atoms with Crippen LogP contribution in [-0.2, 0) is 22.5 Å². The Balaban J connectivity index is 2.20. The van der Waals surface area contributed by atoms with Crippen molar-refractivity contribution >= 4 is 17.7 Å². The number of carbonyl (C=O) groups is 3. The fourth-order valence-corrected chi connectivity index (χ4v) is 2.85. The average Bonchev–Trinajstić information content (AvgIpc) is 2.97. The van der Waals surface area contributed by atoms with E-state index in [0.29, 0.717) is 29.1 Å². The van der Waals surface area contributed by atoms with Crippen LogP contribution in [0.1, 0.15) is 50.2 Å². The predicted molar refractivity (Wildman–Crippen MR) is 98.2 cm³/mol. The number of likely N-dealkylation sites (N-methyl/N-ethyl adjacent to an activating group) is 1. The van der Waals surface area contributed by atoms with E-state index in [0.717, 1.165) is 5.56 Å². The van der Waals surface area contributed by atoms with Gasteiger partial charge in [-0.15, -0.1) is 0 Å². The number of ketones is 1. The maximum absolute atomic E-state index is 12.6. The molecule has 0 saturated carbocycles. The number of rotatable bonds is 6. The van der Waals surface area contributed by atoms with Gasteiger partial charge in [-0.3, -0.25) is 9.59 Å². The fraction of sp³-hybridized carbons (Fsp3) is 0.300. The normalized spacial score (nSPS) is 10.2. The number of hydrogen-bond acceptors (Lipinski definition) is 5. The van der Waals surface area contributed by atoms with Crippen molar-refractivity contribution in [3.8, 4) is 6.07 Å². The molecule has 7 heteroatoms. The molecule has 7 nitrogen and oxygen atoms in total. The number of ether oxygens (including phenoxy) is 1. The highest BCUT2D eigenvalue weighted by Crippen LogP contribution is 2.21. The third kappa shape index (κ3) is 4.42. The minimum absolute atomic E-state index is 0.0642. The van der Waals surface area contributed by atoms with Crippen molar-refractivity contribution in [1.82, 2.24) is 9.88 Å². The summed E-state index contributed by atoms with van der Waals surface area (Å²) in [7, 11) is 2.91. The lowest BCUT2D eigenvalue weighted by Gasteiger charge is -2.17. The summed E-state index contributed by atoms with van der Waals surface area (Å²) in [5.41, 5.74) is 2.79. The van der Waals surface area contributed by atoms with Crippen molar-refractivity contribution in [2.45, 2.75) is 26.8 Å². The summed E-state index contributed by atoms with van der Waals surface area (Å²) >= 11 is 0. The van der Waals surface area contributed by atoms with Crippen LogP contribution in [0.3, 0.4) is 0 Å². The van der Waals surface area contributed by atoms with Crippen LogP contribution >= 0.6 is 0 Å². The molecule has 0 atom stereocenters. The van der Waals surface area contributed by atoms with E-state index in [-0.39, 0.29) is 23.7 Å². The Bertz CT molecular complexity index is 920. The zero-order valence-corrected chi connectivity index (χ0v) is 15.8. The Hall–Kier alpha value is -3.40. The van der Waals surface area contributed by atoms with Gasteiger partial charge in [0.25, 0.3) is 0 Å². The van der Waals surface area contributed by atoms with Gasteiger partial charge in [0, 0.05) is 26.2 Å². The maximum atomic E-state index is 12.6. The van der Waals surface area contributed by atoms with Crippen molar-refractivity contribution in [1.29, 1.82) is 5.26 Å². The fourth-order valence-electron chi connectivity index (χ4n) is 2.85. The maximum Gasteiger partial charge on any atom is 0.339 e. The third-order valence-corrected chi connectivity index (χ3v) is 4.33. The van der Waals surface area contributed by atoms with E-state index in [1.165, 1.54) is 18.9 Å². The zero-order chi connectivity index (χ0) is 20.1. The second kappa shape index (κ2) is 8.32. The van der Waals surface area contributed by atoms with Crippen LogP contribution in [0, 0.1) is 18.3 Å². The second-order valence-corrected chi connectivity index (χ2v) is 6.26. The van der Waals surface area contributed by atoms with E-state index in [1.54, 1.807) is 38.2 Å². The Morgan fingerprint density at radius 2 is 1.85 bits per heavy atom. The summed E-state index contributed by atoms with van der Waals surface area (Å²) in [5.74, 6) is -1.03. The zero-order valence-electron chi connectivity index (χ0n) is 15.8. The van der Waals surface area contributed by atoms with Crippen molar-refractivity contribution in [2.75, 3.05) is 14.2 Å². The number of nitrogens with one attached hydrogen (secondary N) is 1. The van der Waals surface area contributed by atoms with Crippen LogP contribution in [0.15, 0.2) is 24.3 Å². The highest BCUT2D eigenvalue weighted by atomic mass is 16.5. The predicted octanol–water partition coefficient (Wildman–Crippen LogP) is 2.39. The third-order valence-electron chi connectivity index (χ3n) is 4.33. The van der Waals surface area contributed by atoms with Crippen molar-refractivity contribution in [3.63, 3.8) is 0 Å². The lowest BCUT2D eigenvalue weighted by molar-refractivity contribution is -0.129. The Kier molecular flexibility index (Phi) is 6.14. The van der Waals surface area contributed by atoms with E-state index in [4.69, 9.17) is 10.00 Å². The Morgan fingerprint density at radius 3 is 2.37 bits per heavy atom. The van der Waals surface area contributed by atoms with Gasteiger partial charge in [0.05, 0.1) is 36.4 Å². The van der Waals surface area contributed by atoms with Gasteiger partial charge >= 0.3 is 5.97 Å². The molecule has 1 aromatic heterocycles. The number of methoxy groups -OCH3 is 1. The van der Waals surface area contributed by atoms with Gasteiger partial charge in [-0.05, 0) is 30.2 Å². The molecule has 0 aliphatic carbocycles. The lowest BCUT2D eigenvalue weighted by atomic mass is 10.1. The molecule has 0 aliphatic heterocycles. The van der Waals surface area contributed by atoms with Gasteiger partial charge in [0.2, 0.25) is 5.91 Å². The van der Waals surface area contributed by atoms with E-state index >= 15 is 0 Å². The number of nitriles is 1. The lowest BCUT2D eigenvalue weighted by Crippen LogP contribution is -2.28. The standard InChI is InChI=1S/C20H21N3O4/c1-12-18(20(26)27-4)16(22-19(12)13(2)24)9-17(25)23(3)11-15-7-5-14(10-21)6-8-15/h5-8,22H,9,11H2,1-4H3. The van der Waals surface area contributed by atoms with Gasteiger partial charge in [-0.1, -0.05) is 12.1 Å². The monoisotopic (exact) mass is 367 g/mol. The molecule has 0 bridgehead atoms. The largest absolute Gasteiger partial charge is 0.465 e. The first-order chi connectivity index (χ1) is 12.8. The molecular formula is C20H21N3O4. The van der Waals surface area contributed by atoms with Crippen LogP contribution in [0.2, 0.25) is 0 Å². The molecule has 0 spiro atoms. The summed E-state index contributed by atoms with van der Waals surface area (Å²) in [5, 5.41) is 8.84. The first-order valence-corrected chi connectivity index (χ1v) is 8.32. The van der Waals surface area contributed by atoms with Crippen molar-refractivity contribution in [3.05, 3.63) is 57.9 Å². The van der Waals surface area contributed by atoms with Gasteiger partial charge in [0.15, 0.2) is 5.78 Å². The summed E-state index contributed by atoms with van der Waals surface area (Å²) in [6.07, 6.45) is -0.0642. The minimum Gasteiger partial charge on any atom is -0.465 e. The van der Waals surface area contributed by atoms with Crippen LogP contribution in [0.4, 0.5) is 0 Å². The Morgan fingerprint density at radius 1 is 1.22 bits per heavy atom. The van der Waals surface area contributed by atoms with E-state index < -0.39 is 5.97 Å². The first kappa shape index (κ1) is 19.9. The summed E-state index contributed by atoms with van der Waals surface area (Å²) in [6, 6.07) is 9.00. The van der Waals surface area contributed by atoms with Gasteiger partial charge in [0.1, 0.15) is 0 Å².